The number of aliphatic hydroxyl groups excluding tert-OH is 1. The third kappa shape index (κ3) is 3.35. The molecule has 9 nitrogen and oxygen atoms in total. The molecule has 10 heteroatoms. The number of carboxylic acids is 1. The Balaban J connectivity index is 2.93. The SMILES string of the molecule is CN(C)S(=O)(=O)c1ccc(C(=O)N[C@@H](CO)C(=O)O)o1. The Kier molecular flexibility index (Phi) is 4.87. The molecule has 3 N–H and O–H groups in total. The average molecular weight is 306 g/mol. The van der Waals surface area contributed by atoms with Gasteiger partial charge in [-0.2, -0.15) is 0 Å². The Hall–Kier alpha value is -1.91. The van der Waals surface area contributed by atoms with E-state index in [1.807, 2.05) is 5.32 Å². The second-order valence-corrected chi connectivity index (χ2v) is 6.04. The van der Waals surface area contributed by atoms with Gasteiger partial charge in [-0.15, -0.1) is 0 Å². The molecule has 0 radical (unpaired) electrons. The number of carbonyl (C=O) groups is 2. The van der Waals surface area contributed by atoms with Crippen LogP contribution >= 0.6 is 0 Å². The summed E-state index contributed by atoms with van der Waals surface area (Å²) >= 11 is 0. The van der Waals surface area contributed by atoms with Crippen molar-refractivity contribution in [2.24, 2.45) is 0 Å². The van der Waals surface area contributed by atoms with Crippen molar-refractivity contribution in [3.8, 4) is 0 Å². The minimum absolute atomic E-state index is 0.370. The predicted molar refractivity (Wildman–Crippen MR) is 65.6 cm³/mol. The third-order valence-corrected chi connectivity index (χ3v) is 4.02. The van der Waals surface area contributed by atoms with E-state index < -0.39 is 39.6 Å². The first-order valence-corrected chi connectivity index (χ1v) is 6.81. The van der Waals surface area contributed by atoms with E-state index in [1.165, 1.54) is 14.1 Å². The van der Waals surface area contributed by atoms with E-state index in [4.69, 9.17) is 14.6 Å². The molecular formula is C10H14N2O7S. The van der Waals surface area contributed by atoms with Crippen molar-refractivity contribution >= 4 is 21.9 Å². The van der Waals surface area contributed by atoms with Gasteiger partial charge in [0.2, 0.25) is 5.09 Å². The molecule has 1 rings (SSSR count). The molecule has 0 aliphatic rings. The number of nitrogens with zero attached hydrogens (tertiary/aromatic N) is 1. The van der Waals surface area contributed by atoms with Gasteiger partial charge in [-0.1, -0.05) is 0 Å². The summed E-state index contributed by atoms with van der Waals surface area (Å²) in [5.41, 5.74) is 0. The van der Waals surface area contributed by atoms with Gasteiger partial charge in [-0.3, -0.25) is 4.79 Å². The van der Waals surface area contributed by atoms with Gasteiger partial charge in [-0.05, 0) is 12.1 Å². The number of nitrogens with one attached hydrogen (secondary N) is 1. The number of amides is 1. The van der Waals surface area contributed by atoms with Crippen molar-refractivity contribution in [1.29, 1.82) is 0 Å². The molecule has 20 heavy (non-hydrogen) atoms. The first-order chi connectivity index (χ1) is 9.20. The summed E-state index contributed by atoms with van der Waals surface area (Å²) in [6.07, 6.45) is 0. The van der Waals surface area contributed by atoms with Crippen molar-refractivity contribution in [3.63, 3.8) is 0 Å². The van der Waals surface area contributed by atoms with Gasteiger partial charge in [0.15, 0.2) is 11.8 Å². The highest BCUT2D eigenvalue weighted by Crippen LogP contribution is 2.16. The fraction of sp³-hybridized carbons (Fsp3) is 0.400. The van der Waals surface area contributed by atoms with Crippen molar-refractivity contribution in [3.05, 3.63) is 17.9 Å². The number of aliphatic hydroxyl groups is 1. The fourth-order valence-electron chi connectivity index (χ4n) is 1.18. The number of hydrogen-bond donors (Lipinski definition) is 3. The zero-order valence-corrected chi connectivity index (χ0v) is 11.5. The van der Waals surface area contributed by atoms with Crippen LogP contribution in [0.5, 0.6) is 0 Å². The lowest BCUT2D eigenvalue weighted by molar-refractivity contribution is -0.140. The summed E-state index contributed by atoms with van der Waals surface area (Å²) in [6, 6.07) is 0.683. The van der Waals surface area contributed by atoms with Crippen molar-refractivity contribution in [2.45, 2.75) is 11.1 Å². The molecule has 0 aliphatic heterocycles. The third-order valence-electron chi connectivity index (χ3n) is 2.33. The highest BCUT2D eigenvalue weighted by Gasteiger charge is 2.25. The number of hydrogen-bond acceptors (Lipinski definition) is 6. The normalized spacial score (nSPS) is 13.2. The van der Waals surface area contributed by atoms with Gasteiger partial charge in [0, 0.05) is 14.1 Å². The van der Waals surface area contributed by atoms with Gasteiger partial charge >= 0.3 is 5.97 Å². The molecule has 0 aromatic carbocycles. The first kappa shape index (κ1) is 16.1. The molecule has 0 aliphatic carbocycles. The number of aliphatic carboxylic acids is 1. The highest BCUT2D eigenvalue weighted by molar-refractivity contribution is 7.88. The number of carbonyl (C=O) groups excluding carboxylic acids is 1. The standard InChI is InChI=1S/C10H14N2O7S/c1-12(2)20(17,18)8-4-3-7(19-8)9(14)11-6(5-13)10(15)16/h3-4,6,13H,5H2,1-2H3,(H,11,14)(H,15,16)/t6-/m0/s1. The van der Waals surface area contributed by atoms with Crippen molar-refractivity contribution in [1.82, 2.24) is 9.62 Å². The largest absolute Gasteiger partial charge is 0.480 e. The van der Waals surface area contributed by atoms with Crippen LogP contribution in [0.1, 0.15) is 10.6 Å². The summed E-state index contributed by atoms with van der Waals surface area (Å²) in [5, 5.41) is 19.0. The maximum absolute atomic E-state index is 11.7. The summed E-state index contributed by atoms with van der Waals surface area (Å²) in [6.45, 7) is -0.801. The van der Waals surface area contributed by atoms with Gasteiger partial charge < -0.3 is 19.9 Å². The van der Waals surface area contributed by atoms with Gasteiger partial charge in [0.1, 0.15) is 0 Å². The van der Waals surface area contributed by atoms with Gasteiger partial charge in [0.25, 0.3) is 15.9 Å². The molecule has 1 aromatic rings. The molecule has 1 amide bonds. The molecular weight excluding hydrogens is 292 g/mol. The van der Waals surface area contributed by atoms with E-state index in [9.17, 15) is 18.0 Å². The van der Waals surface area contributed by atoms with Crippen LogP contribution in [0.3, 0.4) is 0 Å². The summed E-state index contributed by atoms with van der Waals surface area (Å²) in [7, 11) is -1.23. The second-order valence-electron chi connectivity index (χ2n) is 3.95. The van der Waals surface area contributed by atoms with E-state index in [1.54, 1.807) is 0 Å². The summed E-state index contributed by atoms with van der Waals surface area (Å²) in [4.78, 5) is 22.3. The van der Waals surface area contributed by atoms with Crippen molar-refractivity contribution in [2.75, 3.05) is 20.7 Å². The molecule has 0 fully saturated rings. The Morgan fingerprint density at radius 3 is 2.45 bits per heavy atom. The molecule has 0 saturated carbocycles. The molecule has 0 unspecified atom stereocenters. The zero-order valence-electron chi connectivity index (χ0n) is 10.7. The lowest BCUT2D eigenvalue weighted by Gasteiger charge is -2.10. The van der Waals surface area contributed by atoms with E-state index in [-0.39, 0.29) is 5.76 Å². The average Bonchev–Trinajstić information content (AvgIpc) is 2.85. The fourth-order valence-corrected chi connectivity index (χ4v) is 1.97. The molecule has 0 saturated heterocycles. The number of carboxylic acid groups (broad SMARTS) is 1. The van der Waals surface area contributed by atoms with Crippen LogP contribution < -0.4 is 5.32 Å². The Morgan fingerprint density at radius 1 is 1.40 bits per heavy atom. The minimum atomic E-state index is -3.82. The minimum Gasteiger partial charge on any atom is -0.480 e. The maximum atomic E-state index is 11.7. The molecule has 112 valence electrons. The van der Waals surface area contributed by atoms with Crippen LogP contribution in [0, 0.1) is 0 Å². The lowest BCUT2D eigenvalue weighted by Crippen LogP contribution is -2.43. The molecule has 0 bridgehead atoms. The van der Waals surface area contributed by atoms with Crippen LogP contribution in [-0.4, -0.2) is 61.6 Å². The van der Waals surface area contributed by atoms with Gasteiger partial charge in [-0.25, -0.2) is 17.5 Å². The van der Waals surface area contributed by atoms with E-state index in [2.05, 4.69) is 0 Å². The van der Waals surface area contributed by atoms with Crippen molar-refractivity contribution < 1.29 is 32.6 Å². The zero-order chi connectivity index (χ0) is 15.5. The maximum Gasteiger partial charge on any atom is 0.328 e. The summed E-state index contributed by atoms with van der Waals surface area (Å²) < 4.78 is 29.2. The van der Waals surface area contributed by atoms with Crippen LogP contribution in [-0.2, 0) is 14.8 Å². The molecule has 1 atom stereocenters. The predicted octanol–water partition coefficient (Wildman–Crippen LogP) is -1.29. The Labute approximate surface area is 114 Å². The topological polar surface area (TPSA) is 137 Å². The van der Waals surface area contributed by atoms with Crippen LogP contribution in [0.15, 0.2) is 21.6 Å². The summed E-state index contributed by atoms with van der Waals surface area (Å²) in [5.74, 6) is -2.73. The van der Waals surface area contributed by atoms with E-state index in [0.717, 1.165) is 16.4 Å². The first-order valence-electron chi connectivity index (χ1n) is 5.37. The van der Waals surface area contributed by atoms with E-state index in [0.29, 0.717) is 0 Å². The smallest absolute Gasteiger partial charge is 0.328 e. The number of sulfonamides is 1. The van der Waals surface area contributed by atoms with Gasteiger partial charge in [0.05, 0.1) is 6.61 Å². The lowest BCUT2D eigenvalue weighted by atomic mass is 10.3. The van der Waals surface area contributed by atoms with Crippen LogP contribution in [0.2, 0.25) is 0 Å². The number of furan rings is 1. The number of rotatable bonds is 6. The van der Waals surface area contributed by atoms with E-state index >= 15 is 0 Å². The molecule has 0 spiro atoms. The molecule has 1 aromatic heterocycles. The quantitative estimate of drug-likeness (QED) is 0.594. The monoisotopic (exact) mass is 306 g/mol. The van der Waals surface area contributed by atoms with Crippen LogP contribution in [0.4, 0.5) is 0 Å². The molecule has 1 heterocycles. The van der Waals surface area contributed by atoms with Crippen LogP contribution in [0.25, 0.3) is 0 Å². The highest BCUT2D eigenvalue weighted by atomic mass is 32.2. The Bertz CT molecular complexity index is 605. The second kappa shape index (κ2) is 6.03. The Morgan fingerprint density at radius 2 is 2.00 bits per heavy atom.